The van der Waals surface area contributed by atoms with Crippen LogP contribution in [0, 0.1) is 5.92 Å². The number of rotatable bonds is 0. The SMILES string of the molecule is CC.OC1=CC=CC2=CC=CCC12. The zero-order chi connectivity index (χ0) is 9.68. The minimum atomic E-state index is 0.227. The van der Waals surface area contributed by atoms with Crippen LogP contribution in [0.2, 0.25) is 0 Å². The second-order valence-electron chi connectivity index (χ2n) is 2.83. The lowest BCUT2D eigenvalue weighted by Crippen LogP contribution is -2.09. The Balaban J connectivity index is 0.000000396. The number of hydrogen-bond acceptors (Lipinski definition) is 1. The second kappa shape index (κ2) is 4.70. The van der Waals surface area contributed by atoms with Gasteiger partial charge in [-0.3, -0.25) is 0 Å². The lowest BCUT2D eigenvalue weighted by molar-refractivity contribution is 0.349. The third-order valence-corrected chi connectivity index (χ3v) is 2.11. The Morgan fingerprint density at radius 2 is 2.00 bits per heavy atom. The molecule has 0 radical (unpaired) electrons. The summed E-state index contributed by atoms with van der Waals surface area (Å²) in [5.41, 5.74) is 1.22. The van der Waals surface area contributed by atoms with Gasteiger partial charge in [0.15, 0.2) is 0 Å². The van der Waals surface area contributed by atoms with E-state index in [1.165, 1.54) is 5.57 Å². The maximum atomic E-state index is 9.44. The number of fused-ring (bicyclic) bond motifs is 1. The van der Waals surface area contributed by atoms with Crippen molar-refractivity contribution in [1.29, 1.82) is 0 Å². The molecule has 2 rings (SSSR count). The Labute approximate surface area is 79.8 Å². The molecule has 0 heterocycles. The maximum Gasteiger partial charge on any atom is 0.1000 e. The molecule has 1 unspecified atom stereocenters. The molecule has 2 aliphatic carbocycles. The van der Waals surface area contributed by atoms with E-state index >= 15 is 0 Å². The molecule has 0 saturated heterocycles. The summed E-state index contributed by atoms with van der Waals surface area (Å²) >= 11 is 0. The van der Waals surface area contributed by atoms with E-state index in [0.29, 0.717) is 5.76 Å². The fraction of sp³-hybridized carbons (Fsp3) is 0.333. The Hall–Kier alpha value is -1.24. The van der Waals surface area contributed by atoms with Crippen LogP contribution < -0.4 is 0 Å². The summed E-state index contributed by atoms with van der Waals surface area (Å²) in [4.78, 5) is 0. The van der Waals surface area contributed by atoms with Crippen molar-refractivity contribution < 1.29 is 5.11 Å². The molecule has 0 aromatic carbocycles. The van der Waals surface area contributed by atoms with Gasteiger partial charge in [-0.25, -0.2) is 0 Å². The number of aliphatic hydroxyl groups is 1. The van der Waals surface area contributed by atoms with Crippen molar-refractivity contribution in [3.63, 3.8) is 0 Å². The highest BCUT2D eigenvalue weighted by Gasteiger charge is 2.18. The van der Waals surface area contributed by atoms with Crippen molar-refractivity contribution in [2.24, 2.45) is 5.92 Å². The van der Waals surface area contributed by atoms with E-state index in [9.17, 15) is 5.11 Å². The van der Waals surface area contributed by atoms with Crippen LogP contribution in [0.4, 0.5) is 0 Å². The fourth-order valence-corrected chi connectivity index (χ4v) is 1.48. The first kappa shape index (κ1) is 9.85. The van der Waals surface area contributed by atoms with Crippen molar-refractivity contribution in [2.75, 3.05) is 0 Å². The van der Waals surface area contributed by atoms with Gasteiger partial charge in [-0.2, -0.15) is 0 Å². The minimum Gasteiger partial charge on any atom is -0.512 e. The summed E-state index contributed by atoms with van der Waals surface area (Å²) in [6, 6.07) is 0. The van der Waals surface area contributed by atoms with Gasteiger partial charge in [0.05, 0.1) is 5.76 Å². The van der Waals surface area contributed by atoms with Crippen molar-refractivity contribution in [3.05, 3.63) is 47.8 Å². The molecule has 1 heteroatoms. The summed E-state index contributed by atoms with van der Waals surface area (Å²) in [7, 11) is 0. The zero-order valence-corrected chi connectivity index (χ0v) is 8.20. The largest absolute Gasteiger partial charge is 0.512 e. The maximum absolute atomic E-state index is 9.44. The normalized spacial score (nSPS) is 23.7. The van der Waals surface area contributed by atoms with E-state index in [4.69, 9.17) is 0 Å². The third kappa shape index (κ3) is 2.11. The Morgan fingerprint density at radius 1 is 1.23 bits per heavy atom. The van der Waals surface area contributed by atoms with E-state index in [1.807, 2.05) is 38.2 Å². The van der Waals surface area contributed by atoms with Crippen LogP contribution in [-0.4, -0.2) is 5.11 Å². The molecular formula is C12H16O. The molecule has 0 fully saturated rings. The molecule has 1 nitrogen and oxygen atoms in total. The van der Waals surface area contributed by atoms with E-state index in [2.05, 4.69) is 6.08 Å². The van der Waals surface area contributed by atoms with E-state index < -0.39 is 0 Å². The first-order valence-electron chi connectivity index (χ1n) is 4.82. The monoisotopic (exact) mass is 176 g/mol. The average molecular weight is 176 g/mol. The van der Waals surface area contributed by atoms with Crippen molar-refractivity contribution in [1.82, 2.24) is 0 Å². The van der Waals surface area contributed by atoms with Crippen LogP contribution >= 0.6 is 0 Å². The first-order valence-corrected chi connectivity index (χ1v) is 4.82. The van der Waals surface area contributed by atoms with Crippen molar-refractivity contribution in [3.8, 4) is 0 Å². The summed E-state index contributed by atoms with van der Waals surface area (Å²) < 4.78 is 0. The fourth-order valence-electron chi connectivity index (χ4n) is 1.48. The number of hydrogen-bond donors (Lipinski definition) is 1. The second-order valence-corrected chi connectivity index (χ2v) is 2.83. The number of aliphatic hydroxyl groups excluding tert-OH is 1. The molecule has 0 aliphatic heterocycles. The summed E-state index contributed by atoms with van der Waals surface area (Å²) in [6.45, 7) is 4.00. The highest BCUT2D eigenvalue weighted by Crippen LogP contribution is 2.29. The highest BCUT2D eigenvalue weighted by molar-refractivity contribution is 5.40. The molecule has 2 aliphatic rings. The minimum absolute atomic E-state index is 0.227. The van der Waals surface area contributed by atoms with E-state index in [-0.39, 0.29) is 5.92 Å². The predicted octanol–water partition coefficient (Wildman–Crippen LogP) is 3.53. The van der Waals surface area contributed by atoms with Gasteiger partial charge in [-0.15, -0.1) is 0 Å². The molecule has 70 valence electrons. The topological polar surface area (TPSA) is 20.2 Å². The van der Waals surface area contributed by atoms with E-state index in [1.54, 1.807) is 6.08 Å². The molecule has 13 heavy (non-hydrogen) atoms. The first-order chi connectivity index (χ1) is 6.38. The molecule has 0 bridgehead atoms. The zero-order valence-electron chi connectivity index (χ0n) is 8.20. The van der Waals surface area contributed by atoms with Gasteiger partial charge in [0, 0.05) is 5.92 Å². The highest BCUT2D eigenvalue weighted by atomic mass is 16.3. The average Bonchev–Trinajstić information content (AvgIpc) is 2.22. The van der Waals surface area contributed by atoms with Crippen LogP contribution in [0.15, 0.2) is 47.8 Å². The van der Waals surface area contributed by atoms with Gasteiger partial charge < -0.3 is 5.11 Å². The lowest BCUT2D eigenvalue weighted by Gasteiger charge is -2.20. The molecule has 0 spiro atoms. The standard InChI is InChI=1S/C10H10O.C2H6/c11-10-7-3-5-8-4-1-2-6-9(8)10;1-2/h1-5,7,9,11H,6H2;1-2H3. The Bertz CT molecular complexity index is 279. The Morgan fingerprint density at radius 3 is 2.69 bits per heavy atom. The summed E-state index contributed by atoms with van der Waals surface area (Å²) in [5, 5.41) is 9.44. The molecule has 1 atom stereocenters. The van der Waals surface area contributed by atoms with Crippen LogP contribution in [0.25, 0.3) is 0 Å². The van der Waals surface area contributed by atoms with Gasteiger partial charge in [-0.05, 0) is 18.1 Å². The van der Waals surface area contributed by atoms with Crippen molar-refractivity contribution in [2.45, 2.75) is 20.3 Å². The van der Waals surface area contributed by atoms with Crippen LogP contribution in [0.3, 0.4) is 0 Å². The molecule has 0 aromatic heterocycles. The molecule has 0 amide bonds. The quantitative estimate of drug-likeness (QED) is 0.598. The molecular weight excluding hydrogens is 160 g/mol. The molecule has 0 saturated carbocycles. The molecule has 0 aromatic rings. The molecule has 1 N–H and O–H groups in total. The van der Waals surface area contributed by atoms with E-state index in [0.717, 1.165) is 6.42 Å². The third-order valence-electron chi connectivity index (χ3n) is 2.11. The summed E-state index contributed by atoms with van der Waals surface area (Å²) in [6.07, 6.45) is 12.8. The Kier molecular flexibility index (Phi) is 3.56. The lowest BCUT2D eigenvalue weighted by atomic mass is 9.87. The van der Waals surface area contributed by atoms with Crippen LogP contribution in [-0.2, 0) is 0 Å². The van der Waals surface area contributed by atoms with Gasteiger partial charge in [0.1, 0.15) is 0 Å². The number of allylic oxidation sites excluding steroid dienone is 7. The van der Waals surface area contributed by atoms with Crippen molar-refractivity contribution >= 4 is 0 Å². The van der Waals surface area contributed by atoms with Gasteiger partial charge in [0.2, 0.25) is 0 Å². The predicted molar refractivity (Wildman–Crippen MR) is 56.5 cm³/mol. The van der Waals surface area contributed by atoms with Gasteiger partial charge >= 0.3 is 0 Å². The van der Waals surface area contributed by atoms with Gasteiger partial charge in [-0.1, -0.05) is 44.2 Å². The smallest absolute Gasteiger partial charge is 0.1000 e. The van der Waals surface area contributed by atoms with Crippen LogP contribution in [0.5, 0.6) is 0 Å². The van der Waals surface area contributed by atoms with Crippen LogP contribution in [0.1, 0.15) is 20.3 Å². The summed E-state index contributed by atoms with van der Waals surface area (Å²) in [5.74, 6) is 0.716. The van der Waals surface area contributed by atoms with Gasteiger partial charge in [0.25, 0.3) is 0 Å².